The van der Waals surface area contributed by atoms with Gasteiger partial charge in [-0.1, -0.05) is 60.7 Å². The first-order valence-corrected chi connectivity index (χ1v) is 15.4. The summed E-state index contributed by atoms with van der Waals surface area (Å²) in [5.74, 6) is 0.218. The van der Waals surface area contributed by atoms with Crippen LogP contribution in [0, 0.1) is 11.8 Å². The highest BCUT2D eigenvalue weighted by molar-refractivity contribution is 7.85. The monoisotopic (exact) mass is 576 g/mol. The van der Waals surface area contributed by atoms with E-state index in [1.807, 2.05) is 60.7 Å². The predicted octanol–water partition coefficient (Wildman–Crippen LogP) is 4.04. The summed E-state index contributed by atoms with van der Waals surface area (Å²) in [5, 5.41) is 9.12. The molecule has 2 aliphatic rings. The molecular formula is C29H40N2O8S. The molecule has 2 atom stereocenters. The molecule has 0 radical (unpaired) electrons. The van der Waals surface area contributed by atoms with E-state index in [1.165, 1.54) is 0 Å². The first-order chi connectivity index (χ1) is 19.2. The maximum atomic E-state index is 12.1. The van der Waals surface area contributed by atoms with E-state index in [0.717, 1.165) is 49.6 Å². The fourth-order valence-corrected chi connectivity index (χ4v) is 5.03. The smallest absolute Gasteiger partial charge is 0.410 e. The van der Waals surface area contributed by atoms with Gasteiger partial charge in [0.1, 0.15) is 13.2 Å². The molecule has 4 rings (SSSR count). The minimum absolute atomic E-state index is 0.0211. The number of hydrogen-bond donors (Lipinski definition) is 1. The summed E-state index contributed by atoms with van der Waals surface area (Å²) in [5.41, 5.74) is 1.92. The highest BCUT2D eigenvalue weighted by Gasteiger charge is 2.26. The van der Waals surface area contributed by atoms with Crippen molar-refractivity contribution in [1.82, 2.24) is 9.80 Å². The maximum absolute atomic E-state index is 12.1. The molecular weight excluding hydrogens is 536 g/mol. The molecule has 2 aromatic carbocycles. The Balaban J connectivity index is 0.000000225. The van der Waals surface area contributed by atoms with Crippen LogP contribution in [0.25, 0.3) is 0 Å². The standard InChI is InChI=1S/C15H21NO5S.C14H19NO3/c1-22(18,19)21-12-14-8-5-9-16(10-14)15(17)20-11-13-6-3-2-4-7-13;16-10-13-7-4-8-15(9-13)14(17)18-11-12-5-2-1-3-6-12/h2-4,6-7,14H,5,8-12H2,1H3;1-3,5-6,13,16H,4,7-11H2/t14-;13-/m00/s1. The van der Waals surface area contributed by atoms with Gasteiger partial charge in [0.25, 0.3) is 10.1 Å². The Morgan fingerprint density at radius 3 is 1.70 bits per heavy atom. The Hall–Kier alpha value is -3.15. The molecule has 10 nitrogen and oxygen atoms in total. The van der Waals surface area contributed by atoms with E-state index >= 15 is 0 Å². The van der Waals surface area contributed by atoms with Crippen LogP contribution in [0.4, 0.5) is 9.59 Å². The van der Waals surface area contributed by atoms with Gasteiger partial charge in [-0.25, -0.2) is 9.59 Å². The number of hydrogen-bond acceptors (Lipinski definition) is 8. The van der Waals surface area contributed by atoms with Gasteiger partial charge in [0.05, 0.1) is 12.9 Å². The molecule has 0 aromatic heterocycles. The number of likely N-dealkylation sites (tertiary alicyclic amines) is 2. The number of aliphatic hydroxyl groups excluding tert-OH is 1. The zero-order valence-electron chi connectivity index (χ0n) is 23.0. The van der Waals surface area contributed by atoms with Crippen LogP contribution in [0.5, 0.6) is 0 Å². The molecule has 220 valence electrons. The average Bonchev–Trinajstić information content (AvgIpc) is 2.99. The summed E-state index contributed by atoms with van der Waals surface area (Å²) >= 11 is 0. The highest BCUT2D eigenvalue weighted by atomic mass is 32.2. The minimum Gasteiger partial charge on any atom is -0.445 e. The van der Waals surface area contributed by atoms with E-state index in [2.05, 4.69) is 0 Å². The second kappa shape index (κ2) is 16.2. The van der Waals surface area contributed by atoms with Crippen LogP contribution < -0.4 is 0 Å². The molecule has 0 spiro atoms. The Morgan fingerprint density at radius 1 is 0.800 bits per heavy atom. The number of benzene rings is 2. The van der Waals surface area contributed by atoms with Gasteiger partial charge in [-0.15, -0.1) is 0 Å². The minimum atomic E-state index is -3.44. The zero-order valence-corrected chi connectivity index (χ0v) is 23.8. The molecule has 0 unspecified atom stereocenters. The summed E-state index contributed by atoms with van der Waals surface area (Å²) < 4.78 is 37.4. The lowest BCUT2D eigenvalue weighted by molar-refractivity contribution is 0.0685. The third-order valence-corrected chi connectivity index (χ3v) is 7.30. The number of ether oxygens (including phenoxy) is 2. The number of carbonyl (C=O) groups is 2. The second-order valence-electron chi connectivity index (χ2n) is 10.2. The van der Waals surface area contributed by atoms with Gasteiger partial charge in [-0.05, 0) is 42.7 Å². The fraction of sp³-hybridized carbons (Fsp3) is 0.517. The quantitative estimate of drug-likeness (QED) is 0.467. The summed E-state index contributed by atoms with van der Waals surface area (Å²) in [6.07, 6.45) is 3.97. The van der Waals surface area contributed by atoms with Gasteiger partial charge in [-0.2, -0.15) is 8.42 Å². The summed E-state index contributed by atoms with van der Waals surface area (Å²) in [6.45, 7) is 3.21. The van der Waals surface area contributed by atoms with Crippen LogP contribution in [0.3, 0.4) is 0 Å². The van der Waals surface area contributed by atoms with Crippen LogP contribution in [-0.4, -0.2) is 81.2 Å². The van der Waals surface area contributed by atoms with Crippen molar-refractivity contribution in [3.05, 3.63) is 71.8 Å². The average molecular weight is 577 g/mol. The molecule has 1 N–H and O–H groups in total. The first-order valence-electron chi connectivity index (χ1n) is 13.6. The lowest BCUT2D eigenvalue weighted by Crippen LogP contribution is -2.41. The van der Waals surface area contributed by atoms with Gasteiger partial charge in [0.2, 0.25) is 0 Å². The highest BCUT2D eigenvalue weighted by Crippen LogP contribution is 2.19. The van der Waals surface area contributed by atoms with Crippen molar-refractivity contribution in [2.75, 3.05) is 45.6 Å². The van der Waals surface area contributed by atoms with Crippen molar-refractivity contribution in [2.24, 2.45) is 11.8 Å². The van der Waals surface area contributed by atoms with Crippen molar-refractivity contribution >= 4 is 22.3 Å². The van der Waals surface area contributed by atoms with Crippen molar-refractivity contribution in [2.45, 2.75) is 38.9 Å². The number of rotatable bonds is 8. The number of piperidine rings is 2. The zero-order chi connectivity index (χ0) is 28.8. The van der Waals surface area contributed by atoms with Crippen LogP contribution in [0.1, 0.15) is 36.8 Å². The van der Waals surface area contributed by atoms with E-state index in [1.54, 1.807) is 9.80 Å². The topological polar surface area (TPSA) is 123 Å². The van der Waals surface area contributed by atoms with Crippen LogP contribution >= 0.6 is 0 Å². The predicted molar refractivity (Wildman–Crippen MR) is 150 cm³/mol. The molecule has 11 heteroatoms. The number of nitrogens with zero attached hydrogens (tertiary/aromatic N) is 2. The van der Waals surface area contributed by atoms with E-state index in [9.17, 15) is 18.0 Å². The molecule has 40 heavy (non-hydrogen) atoms. The Bertz CT molecular complexity index is 1150. The number of amides is 2. The van der Waals surface area contributed by atoms with Crippen molar-refractivity contribution in [3.63, 3.8) is 0 Å². The van der Waals surface area contributed by atoms with Gasteiger partial charge in [0, 0.05) is 38.7 Å². The third-order valence-electron chi connectivity index (χ3n) is 6.74. The van der Waals surface area contributed by atoms with Crippen molar-refractivity contribution in [3.8, 4) is 0 Å². The maximum Gasteiger partial charge on any atom is 0.410 e. The first kappa shape index (κ1) is 31.4. The van der Waals surface area contributed by atoms with E-state index in [4.69, 9.17) is 18.8 Å². The Morgan fingerprint density at radius 2 is 1.25 bits per heavy atom. The van der Waals surface area contributed by atoms with Gasteiger partial charge in [0.15, 0.2) is 0 Å². The summed E-state index contributed by atoms with van der Waals surface area (Å²) in [6, 6.07) is 19.1. The number of aliphatic hydroxyl groups is 1. The van der Waals surface area contributed by atoms with Crippen LogP contribution in [-0.2, 0) is 37.0 Å². The van der Waals surface area contributed by atoms with Crippen LogP contribution in [0.2, 0.25) is 0 Å². The molecule has 0 saturated carbocycles. The number of carbonyl (C=O) groups excluding carboxylic acids is 2. The molecule has 2 heterocycles. The summed E-state index contributed by atoms with van der Waals surface area (Å²) in [7, 11) is -3.44. The lowest BCUT2D eigenvalue weighted by Gasteiger charge is -2.31. The summed E-state index contributed by atoms with van der Waals surface area (Å²) in [4.78, 5) is 27.2. The van der Waals surface area contributed by atoms with E-state index in [0.29, 0.717) is 26.2 Å². The Labute approximate surface area is 236 Å². The molecule has 2 saturated heterocycles. The molecule has 2 aromatic rings. The largest absolute Gasteiger partial charge is 0.445 e. The second-order valence-corrected chi connectivity index (χ2v) is 11.8. The third kappa shape index (κ3) is 11.5. The van der Waals surface area contributed by atoms with Gasteiger partial charge < -0.3 is 24.4 Å². The fourth-order valence-electron chi connectivity index (χ4n) is 4.59. The molecule has 0 aliphatic carbocycles. The molecule has 2 fully saturated rings. The molecule has 0 bridgehead atoms. The van der Waals surface area contributed by atoms with E-state index < -0.39 is 10.1 Å². The van der Waals surface area contributed by atoms with Crippen molar-refractivity contribution in [1.29, 1.82) is 0 Å². The SMILES string of the molecule is CS(=O)(=O)OC[C@H]1CCCN(C(=O)OCc2ccccc2)C1.O=C(OCc1ccccc1)N1CCC[C@H](CO)C1. The lowest BCUT2D eigenvalue weighted by atomic mass is 10.00. The van der Waals surface area contributed by atoms with E-state index in [-0.39, 0.29) is 43.8 Å². The molecule has 2 amide bonds. The van der Waals surface area contributed by atoms with Crippen molar-refractivity contribution < 1.29 is 36.8 Å². The van der Waals surface area contributed by atoms with Gasteiger partial charge >= 0.3 is 12.2 Å². The van der Waals surface area contributed by atoms with Crippen LogP contribution in [0.15, 0.2) is 60.7 Å². The van der Waals surface area contributed by atoms with Gasteiger partial charge in [-0.3, -0.25) is 4.18 Å². The molecule has 2 aliphatic heterocycles. The Kier molecular flexibility index (Phi) is 12.7. The normalized spacial score (nSPS) is 19.2.